The molecule has 0 radical (unpaired) electrons. The van der Waals surface area contributed by atoms with Crippen LogP contribution in [0.2, 0.25) is 0 Å². The Morgan fingerprint density at radius 2 is 1.97 bits per heavy atom. The van der Waals surface area contributed by atoms with E-state index < -0.39 is 11.7 Å². The molecule has 3 aromatic rings. The monoisotopic (exact) mass is 490 g/mol. The summed E-state index contributed by atoms with van der Waals surface area (Å²) in [6.07, 6.45) is 11.0. The lowest BCUT2D eigenvalue weighted by Crippen LogP contribution is -2.30. The predicted molar refractivity (Wildman–Crippen MR) is 141 cm³/mol. The molecule has 1 aromatic carbocycles. The van der Waals surface area contributed by atoms with Gasteiger partial charge < -0.3 is 14.8 Å². The number of nitrogens with one attached hydrogen (secondary N) is 1. The summed E-state index contributed by atoms with van der Waals surface area (Å²) in [6, 6.07) is 12.6. The van der Waals surface area contributed by atoms with Crippen molar-refractivity contribution < 1.29 is 13.6 Å². The number of carbonyl (C=O) groups excluding carboxylic acids is 1. The SMILES string of the molecule is CCCN(C(=O)/C=C/NCC1C=C(F)C=C(F)C1)c1cnc2c(ccn2Cc2ccc(CC)cc2)c1. The molecule has 0 bridgehead atoms. The van der Waals surface area contributed by atoms with Gasteiger partial charge in [0.25, 0.3) is 5.91 Å². The number of allylic oxidation sites excluding steroid dienone is 3. The van der Waals surface area contributed by atoms with E-state index in [0.29, 0.717) is 13.1 Å². The van der Waals surface area contributed by atoms with Crippen molar-refractivity contribution in [3.05, 3.63) is 96.0 Å². The molecule has 2 aromatic heterocycles. The zero-order chi connectivity index (χ0) is 25.5. The average molecular weight is 491 g/mol. The van der Waals surface area contributed by atoms with Crippen LogP contribution in [0.5, 0.6) is 0 Å². The van der Waals surface area contributed by atoms with Crippen LogP contribution in [0.3, 0.4) is 0 Å². The topological polar surface area (TPSA) is 50.2 Å². The third-order valence-corrected chi connectivity index (χ3v) is 6.27. The second kappa shape index (κ2) is 11.8. The van der Waals surface area contributed by atoms with Gasteiger partial charge in [-0.15, -0.1) is 0 Å². The number of aromatic nitrogens is 2. The maximum absolute atomic E-state index is 13.4. The molecule has 1 N–H and O–H groups in total. The van der Waals surface area contributed by atoms with E-state index in [2.05, 4.69) is 46.1 Å². The molecule has 188 valence electrons. The van der Waals surface area contributed by atoms with E-state index in [1.54, 1.807) is 17.3 Å². The summed E-state index contributed by atoms with van der Waals surface area (Å²) in [4.78, 5) is 19.3. The minimum atomic E-state index is -0.564. The second-order valence-electron chi connectivity index (χ2n) is 9.06. The van der Waals surface area contributed by atoms with Gasteiger partial charge in [-0.3, -0.25) is 4.79 Å². The maximum Gasteiger partial charge on any atom is 0.252 e. The molecule has 0 fully saturated rings. The highest BCUT2D eigenvalue weighted by atomic mass is 19.1. The molecule has 0 spiro atoms. The number of amides is 1. The first kappa shape index (κ1) is 25.4. The quantitative estimate of drug-likeness (QED) is 0.343. The number of nitrogens with zero attached hydrogens (tertiary/aromatic N) is 3. The van der Waals surface area contributed by atoms with Gasteiger partial charge in [-0.1, -0.05) is 38.1 Å². The molecule has 2 heterocycles. The number of fused-ring (bicyclic) bond motifs is 1. The Bertz CT molecular complexity index is 1290. The minimum Gasteiger partial charge on any atom is -0.390 e. The zero-order valence-corrected chi connectivity index (χ0v) is 20.8. The van der Waals surface area contributed by atoms with Crippen LogP contribution in [-0.4, -0.2) is 28.5 Å². The van der Waals surface area contributed by atoms with Crippen molar-refractivity contribution in [3.8, 4) is 0 Å². The fourth-order valence-corrected chi connectivity index (χ4v) is 4.37. The Labute approximate surface area is 210 Å². The molecular weight excluding hydrogens is 458 g/mol. The number of carbonyl (C=O) groups is 1. The summed E-state index contributed by atoms with van der Waals surface area (Å²) < 4.78 is 28.9. The molecule has 1 aliphatic carbocycles. The van der Waals surface area contributed by atoms with Crippen LogP contribution >= 0.6 is 0 Å². The maximum atomic E-state index is 13.4. The van der Waals surface area contributed by atoms with E-state index in [-0.39, 0.29) is 18.2 Å². The Balaban J connectivity index is 1.42. The second-order valence-corrected chi connectivity index (χ2v) is 9.06. The summed E-state index contributed by atoms with van der Waals surface area (Å²) in [5.41, 5.74) is 4.12. The molecule has 5 nitrogen and oxygen atoms in total. The highest BCUT2D eigenvalue weighted by Gasteiger charge is 2.16. The third kappa shape index (κ3) is 6.27. The average Bonchev–Trinajstić information content (AvgIpc) is 3.26. The number of hydrogen-bond acceptors (Lipinski definition) is 3. The lowest BCUT2D eigenvalue weighted by Gasteiger charge is -2.21. The van der Waals surface area contributed by atoms with Crippen molar-refractivity contribution in [2.24, 2.45) is 5.92 Å². The van der Waals surface area contributed by atoms with E-state index in [4.69, 9.17) is 0 Å². The van der Waals surface area contributed by atoms with Crippen LogP contribution in [-0.2, 0) is 17.8 Å². The molecule has 1 amide bonds. The van der Waals surface area contributed by atoms with Crippen LogP contribution in [0.15, 0.2) is 84.9 Å². The van der Waals surface area contributed by atoms with Crippen LogP contribution in [0, 0.1) is 5.92 Å². The normalized spacial score (nSPS) is 15.7. The number of pyridine rings is 1. The van der Waals surface area contributed by atoms with Gasteiger partial charge >= 0.3 is 0 Å². The van der Waals surface area contributed by atoms with Gasteiger partial charge in [0.15, 0.2) is 0 Å². The lowest BCUT2D eigenvalue weighted by atomic mass is 9.99. The van der Waals surface area contributed by atoms with E-state index in [1.807, 2.05) is 25.3 Å². The third-order valence-electron chi connectivity index (χ3n) is 6.27. The van der Waals surface area contributed by atoms with E-state index in [0.717, 1.165) is 42.2 Å². The molecule has 1 unspecified atom stereocenters. The Hall–Kier alpha value is -3.74. The summed E-state index contributed by atoms with van der Waals surface area (Å²) in [5.74, 6) is -1.51. The first-order valence-electron chi connectivity index (χ1n) is 12.4. The summed E-state index contributed by atoms with van der Waals surface area (Å²) >= 11 is 0. The van der Waals surface area contributed by atoms with Gasteiger partial charge in [0.2, 0.25) is 0 Å². The molecule has 4 rings (SSSR count). The van der Waals surface area contributed by atoms with Crippen molar-refractivity contribution in [1.29, 1.82) is 0 Å². The smallest absolute Gasteiger partial charge is 0.252 e. The molecule has 36 heavy (non-hydrogen) atoms. The van der Waals surface area contributed by atoms with Crippen molar-refractivity contribution in [2.75, 3.05) is 18.0 Å². The van der Waals surface area contributed by atoms with E-state index in [1.165, 1.54) is 23.3 Å². The van der Waals surface area contributed by atoms with E-state index in [9.17, 15) is 13.6 Å². The molecule has 0 saturated carbocycles. The predicted octanol–water partition coefficient (Wildman–Crippen LogP) is 6.22. The molecule has 0 aliphatic heterocycles. The van der Waals surface area contributed by atoms with Crippen LogP contribution < -0.4 is 10.2 Å². The molecule has 0 saturated heterocycles. The van der Waals surface area contributed by atoms with Crippen LogP contribution in [0.1, 0.15) is 37.8 Å². The summed E-state index contributed by atoms with van der Waals surface area (Å²) in [6.45, 7) is 5.78. The number of hydrogen-bond donors (Lipinski definition) is 1. The minimum absolute atomic E-state index is 0.152. The van der Waals surface area contributed by atoms with Crippen molar-refractivity contribution in [3.63, 3.8) is 0 Å². The summed E-state index contributed by atoms with van der Waals surface area (Å²) in [5, 5.41) is 3.95. The Kier molecular flexibility index (Phi) is 8.31. The number of aryl methyl sites for hydroxylation is 1. The van der Waals surface area contributed by atoms with Gasteiger partial charge in [0.1, 0.15) is 17.3 Å². The fourth-order valence-electron chi connectivity index (χ4n) is 4.37. The standard InChI is InChI=1S/C29H32F2N4O/c1-3-12-35(28(36)9-11-32-18-23-14-25(30)17-26(31)15-23)27-16-24-10-13-34(29(24)33-19-27)20-22-7-5-21(4-2)6-8-22/h5-11,13-14,16-17,19,23,32H,3-4,12,15,18,20H2,1-2H3/b11-9+. The van der Waals surface area contributed by atoms with Crippen LogP contribution in [0.4, 0.5) is 14.5 Å². The lowest BCUT2D eigenvalue weighted by molar-refractivity contribution is -0.114. The highest BCUT2D eigenvalue weighted by Crippen LogP contribution is 2.24. The van der Waals surface area contributed by atoms with Gasteiger partial charge in [-0.05, 0) is 42.2 Å². The van der Waals surface area contributed by atoms with Gasteiger partial charge in [0.05, 0.1) is 11.9 Å². The van der Waals surface area contributed by atoms with Gasteiger partial charge in [0, 0.05) is 61.9 Å². The molecule has 7 heteroatoms. The van der Waals surface area contributed by atoms with Gasteiger partial charge in [-0.2, -0.15) is 0 Å². The van der Waals surface area contributed by atoms with Crippen molar-refractivity contribution in [2.45, 2.75) is 39.7 Å². The highest BCUT2D eigenvalue weighted by molar-refractivity contribution is 6.02. The van der Waals surface area contributed by atoms with Gasteiger partial charge in [-0.25, -0.2) is 13.8 Å². The first-order valence-corrected chi connectivity index (χ1v) is 12.4. The number of benzene rings is 1. The zero-order valence-electron chi connectivity index (χ0n) is 20.8. The van der Waals surface area contributed by atoms with Crippen molar-refractivity contribution >= 4 is 22.6 Å². The van der Waals surface area contributed by atoms with Crippen LogP contribution in [0.25, 0.3) is 11.0 Å². The number of anilines is 1. The summed E-state index contributed by atoms with van der Waals surface area (Å²) in [7, 11) is 0. The van der Waals surface area contributed by atoms with Crippen molar-refractivity contribution in [1.82, 2.24) is 14.9 Å². The molecule has 1 aliphatic rings. The Morgan fingerprint density at radius 1 is 1.19 bits per heavy atom. The molecular formula is C29H32F2N4O. The fraction of sp³-hybridized carbons (Fsp3) is 0.310. The first-order chi connectivity index (χ1) is 17.5. The number of halogens is 2. The Morgan fingerprint density at radius 3 is 2.69 bits per heavy atom. The largest absolute Gasteiger partial charge is 0.390 e. The number of rotatable bonds is 10. The molecule has 1 atom stereocenters. The van der Waals surface area contributed by atoms with E-state index >= 15 is 0 Å².